The Kier molecular flexibility index (Phi) is 5.26. The van der Waals surface area contributed by atoms with E-state index in [1.54, 1.807) is 13.8 Å². The number of nitrogens with zero attached hydrogens (tertiary/aromatic N) is 1. The first-order valence-corrected chi connectivity index (χ1v) is 6.51. The summed E-state index contributed by atoms with van der Waals surface area (Å²) in [4.78, 5) is 26.1. The first-order valence-electron chi connectivity index (χ1n) is 5.61. The fraction of sp³-hybridized carbons (Fsp3) is 0.417. The first kappa shape index (κ1) is 17.0. The highest BCUT2D eigenvalue weighted by Crippen LogP contribution is 2.33. The maximum absolute atomic E-state index is 12.9. The number of thiol groups is 2. The molecule has 0 N–H and O–H groups in total. The summed E-state index contributed by atoms with van der Waals surface area (Å²) in [5.74, 6) is -0.00688. The molecule has 0 unspecified atom stereocenters. The van der Waals surface area contributed by atoms with E-state index in [-0.39, 0.29) is 23.6 Å². The molecule has 0 aromatic carbocycles. The maximum atomic E-state index is 12.9. The summed E-state index contributed by atoms with van der Waals surface area (Å²) < 4.78 is 38.7. The lowest BCUT2D eigenvalue weighted by atomic mass is 10.0. The number of hydrogen-bond donors (Lipinski definition) is 2. The second-order valence-corrected chi connectivity index (χ2v) is 5.40. The topological polar surface area (TPSA) is 47.0 Å². The van der Waals surface area contributed by atoms with Gasteiger partial charge in [-0.1, -0.05) is 13.8 Å². The fourth-order valence-corrected chi connectivity index (χ4v) is 2.02. The largest absolute Gasteiger partial charge is 0.434 e. The Morgan fingerprint density at radius 3 is 2.05 bits per heavy atom. The molecule has 1 heterocycles. The monoisotopic (exact) mass is 323 g/mol. The van der Waals surface area contributed by atoms with Crippen molar-refractivity contribution in [2.45, 2.75) is 26.4 Å². The van der Waals surface area contributed by atoms with Crippen LogP contribution in [0, 0.1) is 5.92 Å². The van der Waals surface area contributed by atoms with Crippen molar-refractivity contribution in [2.24, 2.45) is 5.92 Å². The van der Waals surface area contributed by atoms with Crippen LogP contribution in [-0.4, -0.2) is 15.2 Å². The molecular formula is C12H12F3NO2S2. The van der Waals surface area contributed by atoms with Gasteiger partial charge in [-0.3, -0.25) is 9.59 Å². The first-order chi connectivity index (χ1) is 9.04. The third-order valence-electron chi connectivity index (χ3n) is 2.43. The number of aromatic nitrogens is 1. The van der Waals surface area contributed by atoms with Gasteiger partial charge in [0.05, 0.1) is 16.8 Å². The second-order valence-electron chi connectivity index (χ2n) is 4.58. The highest BCUT2D eigenvalue weighted by molar-refractivity contribution is 7.97. The summed E-state index contributed by atoms with van der Waals surface area (Å²) >= 11 is 7.00. The van der Waals surface area contributed by atoms with Gasteiger partial charge in [-0.25, -0.2) is 4.98 Å². The molecule has 0 aliphatic carbocycles. The standard InChI is InChI=1S/C12H12F3NO2S2/c1-5(2)3-8-6(10(17)19)4-7(11(18)20)9(16-8)12(13,14)15/h4-5H,3H2,1-2H3,(H,17,19)(H,18,20). The zero-order valence-electron chi connectivity index (χ0n) is 10.7. The average Bonchev–Trinajstić information content (AvgIpc) is 2.25. The Labute approximate surface area is 124 Å². The number of halogens is 3. The summed E-state index contributed by atoms with van der Waals surface area (Å²) in [5, 5.41) is -1.84. The molecule has 1 aromatic heterocycles. The maximum Gasteiger partial charge on any atom is 0.434 e. The molecule has 0 aliphatic rings. The Balaban J connectivity index is 3.60. The lowest BCUT2D eigenvalue weighted by Gasteiger charge is -2.15. The van der Waals surface area contributed by atoms with Crippen LogP contribution in [0.25, 0.3) is 0 Å². The normalized spacial score (nSPS) is 11.8. The molecule has 0 amide bonds. The number of hydrogen-bond acceptors (Lipinski definition) is 3. The van der Waals surface area contributed by atoms with Crippen LogP contribution in [0.3, 0.4) is 0 Å². The third kappa shape index (κ3) is 3.99. The predicted molar refractivity (Wildman–Crippen MR) is 74.4 cm³/mol. The van der Waals surface area contributed by atoms with Crippen molar-refractivity contribution in [1.29, 1.82) is 0 Å². The van der Waals surface area contributed by atoms with Gasteiger partial charge in [-0.05, 0) is 18.4 Å². The van der Waals surface area contributed by atoms with E-state index in [0.717, 1.165) is 6.07 Å². The van der Waals surface area contributed by atoms with Crippen LogP contribution < -0.4 is 0 Å². The molecule has 0 saturated heterocycles. The molecule has 0 atom stereocenters. The Morgan fingerprint density at radius 1 is 1.20 bits per heavy atom. The van der Waals surface area contributed by atoms with Crippen molar-refractivity contribution in [2.75, 3.05) is 0 Å². The number of carbonyl (C=O) groups excluding carboxylic acids is 2. The molecule has 0 saturated carbocycles. The second kappa shape index (κ2) is 6.17. The minimum Gasteiger partial charge on any atom is -0.282 e. The van der Waals surface area contributed by atoms with E-state index < -0.39 is 27.7 Å². The van der Waals surface area contributed by atoms with Gasteiger partial charge in [0.2, 0.25) is 10.2 Å². The van der Waals surface area contributed by atoms with Gasteiger partial charge in [0.25, 0.3) is 0 Å². The van der Waals surface area contributed by atoms with Gasteiger partial charge >= 0.3 is 6.18 Å². The van der Waals surface area contributed by atoms with Crippen LogP contribution in [0.15, 0.2) is 6.07 Å². The smallest absolute Gasteiger partial charge is 0.282 e. The molecule has 1 aromatic rings. The number of rotatable bonds is 4. The van der Waals surface area contributed by atoms with Crippen molar-refractivity contribution < 1.29 is 22.8 Å². The van der Waals surface area contributed by atoms with E-state index in [1.807, 2.05) is 0 Å². The van der Waals surface area contributed by atoms with E-state index in [1.165, 1.54) is 0 Å². The van der Waals surface area contributed by atoms with Gasteiger partial charge in [-0.15, -0.1) is 25.3 Å². The molecule has 3 nitrogen and oxygen atoms in total. The molecular weight excluding hydrogens is 311 g/mol. The quantitative estimate of drug-likeness (QED) is 0.835. The molecule has 8 heteroatoms. The molecule has 0 bridgehead atoms. The van der Waals surface area contributed by atoms with E-state index in [4.69, 9.17) is 0 Å². The Morgan fingerprint density at radius 2 is 1.70 bits per heavy atom. The van der Waals surface area contributed by atoms with Crippen LogP contribution in [0.1, 0.15) is 46.0 Å². The third-order valence-corrected chi connectivity index (χ3v) is 2.91. The van der Waals surface area contributed by atoms with Crippen LogP contribution in [0.4, 0.5) is 13.2 Å². The predicted octanol–water partition coefficient (Wildman–Crippen LogP) is 3.44. The summed E-state index contributed by atoms with van der Waals surface area (Å²) in [6.07, 6.45) is -4.62. The molecule has 0 radical (unpaired) electrons. The summed E-state index contributed by atoms with van der Waals surface area (Å²) in [6, 6.07) is 0.859. The molecule has 0 spiro atoms. The minimum atomic E-state index is -4.79. The minimum absolute atomic E-state index is 0.00688. The SMILES string of the molecule is CC(C)Cc1nc(C(F)(F)F)c(C(=O)S)cc1C(=O)S. The Bertz CT molecular complexity index is 556. The van der Waals surface area contributed by atoms with Gasteiger partial charge in [0.1, 0.15) is 0 Å². The summed E-state index contributed by atoms with van der Waals surface area (Å²) in [6.45, 7) is 3.55. The van der Waals surface area contributed by atoms with Crippen molar-refractivity contribution in [3.8, 4) is 0 Å². The zero-order chi connectivity index (χ0) is 15.7. The number of carbonyl (C=O) groups is 2. The average molecular weight is 323 g/mol. The fourth-order valence-electron chi connectivity index (χ4n) is 1.66. The lowest BCUT2D eigenvalue weighted by Crippen LogP contribution is -2.18. The highest BCUT2D eigenvalue weighted by atomic mass is 32.1. The van der Waals surface area contributed by atoms with Gasteiger partial charge in [-0.2, -0.15) is 13.2 Å². The van der Waals surface area contributed by atoms with E-state index in [2.05, 4.69) is 30.2 Å². The molecule has 20 heavy (non-hydrogen) atoms. The van der Waals surface area contributed by atoms with E-state index in [0.29, 0.717) is 0 Å². The molecule has 1 rings (SSSR count). The molecule has 110 valence electrons. The van der Waals surface area contributed by atoms with E-state index >= 15 is 0 Å². The van der Waals surface area contributed by atoms with Crippen molar-refractivity contribution in [1.82, 2.24) is 4.98 Å². The molecule has 0 fully saturated rings. The summed E-state index contributed by atoms with van der Waals surface area (Å²) in [5.41, 5.74) is -2.20. The van der Waals surface area contributed by atoms with E-state index in [9.17, 15) is 22.8 Å². The van der Waals surface area contributed by atoms with Gasteiger partial charge < -0.3 is 0 Å². The van der Waals surface area contributed by atoms with Gasteiger partial charge in [0.15, 0.2) is 5.69 Å². The van der Waals surface area contributed by atoms with Crippen LogP contribution in [0.2, 0.25) is 0 Å². The lowest BCUT2D eigenvalue weighted by molar-refractivity contribution is -0.141. The number of pyridine rings is 1. The van der Waals surface area contributed by atoms with Crippen LogP contribution in [0.5, 0.6) is 0 Å². The van der Waals surface area contributed by atoms with Crippen LogP contribution >= 0.6 is 25.3 Å². The highest BCUT2D eigenvalue weighted by Gasteiger charge is 2.38. The summed E-state index contributed by atoms with van der Waals surface area (Å²) in [7, 11) is 0. The van der Waals surface area contributed by atoms with Crippen molar-refractivity contribution >= 4 is 35.5 Å². The van der Waals surface area contributed by atoms with Crippen molar-refractivity contribution in [3.05, 3.63) is 28.6 Å². The Hall–Kier alpha value is -1.02. The van der Waals surface area contributed by atoms with Crippen molar-refractivity contribution in [3.63, 3.8) is 0 Å². The molecule has 0 aliphatic heterocycles. The number of alkyl halides is 3. The van der Waals surface area contributed by atoms with Gasteiger partial charge in [0, 0.05) is 0 Å². The zero-order valence-corrected chi connectivity index (χ0v) is 12.4. The van der Waals surface area contributed by atoms with Crippen LogP contribution in [-0.2, 0) is 12.6 Å².